The molecule has 24 heavy (non-hydrogen) atoms. The first kappa shape index (κ1) is 15.3. The van der Waals surface area contributed by atoms with Crippen molar-refractivity contribution in [1.82, 2.24) is 30.3 Å². The predicted molar refractivity (Wildman–Crippen MR) is 85.5 cm³/mol. The molecule has 2 aromatic heterocycles. The zero-order valence-electron chi connectivity index (χ0n) is 14.0. The molecule has 8 nitrogen and oxygen atoms in total. The molecular weight excluding hydrogens is 308 g/mol. The number of carbonyl (C=O) groups is 1. The Morgan fingerprint density at radius 2 is 2.25 bits per heavy atom. The first-order valence-corrected chi connectivity index (χ1v) is 8.46. The number of ether oxygens (including phenoxy) is 1. The quantitative estimate of drug-likeness (QED) is 0.863. The molecule has 2 aliphatic rings. The Morgan fingerprint density at radius 1 is 1.42 bits per heavy atom. The number of nitrogens with one attached hydrogen (secondary N) is 2. The molecule has 1 amide bonds. The molecule has 2 aromatic rings. The van der Waals surface area contributed by atoms with Crippen LogP contribution in [0, 0.1) is 6.92 Å². The van der Waals surface area contributed by atoms with Crippen molar-refractivity contribution in [3.05, 3.63) is 29.1 Å². The van der Waals surface area contributed by atoms with Crippen LogP contribution in [-0.4, -0.2) is 43.5 Å². The summed E-state index contributed by atoms with van der Waals surface area (Å²) in [4.78, 5) is 16.8. The summed E-state index contributed by atoms with van der Waals surface area (Å²) in [6, 6.07) is 0. The highest BCUT2D eigenvalue weighted by atomic mass is 16.5. The normalized spacial score (nSPS) is 23.6. The van der Waals surface area contributed by atoms with Gasteiger partial charge in [-0.15, -0.1) is 0 Å². The Hall–Kier alpha value is -2.22. The largest absolute Gasteiger partial charge is 0.365 e. The summed E-state index contributed by atoms with van der Waals surface area (Å²) in [5.74, 6) is 2.16. The van der Waals surface area contributed by atoms with Gasteiger partial charge in [-0.3, -0.25) is 14.6 Å². The maximum Gasteiger partial charge on any atom is 0.254 e. The topological polar surface area (TPSA) is 97.7 Å². The van der Waals surface area contributed by atoms with Crippen molar-refractivity contribution in [2.75, 3.05) is 6.54 Å². The van der Waals surface area contributed by atoms with Gasteiger partial charge in [0.25, 0.3) is 5.91 Å². The molecule has 1 aliphatic carbocycles. The average Bonchev–Trinajstić information content (AvgIpc) is 2.98. The predicted octanol–water partition coefficient (Wildman–Crippen LogP) is 1.37. The van der Waals surface area contributed by atoms with Gasteiger partial charge in [0.1, 0.15) is 6.10 Å². The first-order chi connectivity index (χ1) is 11.6. The number of aryl methyl sites for hydroxylation is 2. The molecule has 0 unspecified atom stereocenters. The smallest absolute Gasteiger partial charge is 0.254 e. The molecule has 2 atom stereocenters. The van der Waals surface area contributed by atoms with E-state index in [1.165, 1.54) is 12.8 Å². The third-order valence-corrected chi connectivity index (χ3v) is 4.62. The van der Waals surface area contributed by atoms with Crippen LogP contribution in [0.4, 0.5) is 0 Å². The van der Waals surface area contributed by atoms with E-state index in [0.717, 1.165) is 30.2 Å². The van der Waals surface area contributed by atoms with Gasteiger partial charge in [-0.25, -0.2) is 4.98 Å². The second-order valence-electron chi connectivity index (χ2n) is 6.69. The Morgan fingerprint density at radius 3 is 2.96 bits per heavy atom. The zero-order valence-corrected chi connectivity index (χ0v) is 14.0. The fourth-order valence-corrected chi connectivity index (χ4v) is 3.14. The van der Waals surface area contributed by atoms with Crippen molar-refractivity contribution >= 4 is 5.91 Å². The minimum absolute atomic E-state index is 0.00500. The summed E-state index contributed by atoms with van der Waals surface area (Å²) >= 11 is 0. The molecule has 1 saturated carbocycles. The molecule has 8 heteroatoms. The third-order valence-electron chi connectivity index (χ3n) is 4.62. The van der Waals surface area contributed by atoms with Gasteiger partial charge in [0, 0.05) is 25.7 Å². The van der Waals surface area contributed by atoms with Gasteiger partial charge in [-0.1, -0.05) is 0 Å². The molecule has 1 saturated heterocycles. The van der Waals surface area contributed by atoms with Crippen LogP contribution >= 0.6 is 0 Å². The Labute approximate surface area is 140 Å². The van der Waals surface area contributed by atoms with Crippen LogP contribution in [-0.2, 0) is 11.8 Å². The van der Waals surface area contributed by atoms with Gasteiger partial charge in [0.2, 0.25) is 0 Å². The fraction of sp³-hybridized carbons (Fsp3) is 0.625. The van der Waals surface area contributed by atoms with Gasteiger partial charge >= 0.3 is 0 Å². The Kier molecular flexibility index (Phi) is 3.84. The molecule has 0 bridgehead atoms. The third kappa shape index (κ3) is 3.06. The number of carbonyl (C=O) groups excluding carboxylic acids is 1. The first-order valence-electron chi connectivity index (χ1n) is 8.46. The van der Waals surface area contributed by atoms with Crippen LogP contribution in [0.3, 0.4) is 0 Å². The van der Waals surface area contributed by atoms with Gasteiger partial charge < -0.3 is 10.1 Å². The number of aromatic amines is 1. The highest BCUT2D eigenvalue weighted by molar-refractivity contribution is 5.95. The summed E-state index contributed by atoms with van der Waals surface area (Å²) in [6.07, 6.45) is 5.85. The molecule has 0 spiro atoms. The van der Waals surface area contributed by atoms with E-state index < -0.39 is 0 Å². The number of nitrogens with zero attached hydrogens (tertiary/aromatic N) is 4. The zero-order chi connectivity index (χ0) is 16.7. The second-order valence-corrected chi connectivity index (χ2v) is 6.69. The van der Waals surface area contributed by atoms with E-state index in [1.54, 1.807) is 10.9 Å². The van der Waals surface area contributed by atoms with Crippen molar-refractivity contribution in [3.8, 4) is 0 Å². The molecule has 4 rings (SSSR count). The standard InChI is InChI=1S/C16H22N6O2/c1-9-12(8-22(2)21-9)16(23)17-7-11-5-6-13(24-11)15-18-14(19-20-15)10-3-4-10/h8,10-11,13H,3-7H2,1-2H3,(H,17,23)(H,18,19,20)/t11-,13+/m1/s1. The summed E-state index contributed by atoms with van der Waals surface area (Å²) < 4.78 is 7.66. The SMILES string of the molecule is Cc1nn(C)cc1C(=O)NC[C@H]1CC[C@@H](c2nc(C3CC3)n[nH]2)O1. The lowest BCUT2D eigenvalue weighted by atomic mass is 10.2. The minimum atomic E-state index is -0.108. The van der Waals surface area contributed by atoms with E-state index >= 15 is 0 Å². The molecule has 0 aromatic carbocycles. The lowest BCUT2D eigenvalue weighted by molar-refractivity contribution is 0.0392. The number of aromatic nitrogens is 5. The summed E-state index contributed by atoms with van der Waals surface area (Å²) in [5, 5.41) is 14.4. The van der Waals surface area contributed by atoms with E-state index in [2.05, 4.69) is 25.6 Å². The molecule has 1 aliphatic heterocycles. The highest BCUT2D eigenvalue weighted by Gasteiger charge is 2.32. The lowest BCUT2D eigenvalue weighted by Crippen LogP contribution is -2.32. The molecule has 3 heterocycles. The molecule has 2 N–H and O–H groups in total. The number of hydrogen-bond donors (Lipinski definition) is 2. The van der Waals surface area contributed by atoms with Crippen LogP contribution in [0.2, 0.25) is 0 Å². The van der Waals surface area contributed by atoms with Gasteiger partial charge in [0.05, 0.1) is 17.4 Å². The van der Waals surface area contributed by atoms with Crippen molar-refractivity contribution in [3.63, 3.8) is 0 Å². The van der Waals surface area contributed by atoms with E-state index in [9.17, 15) is 4.79 Å². The fourth-order valence-electron chi connectivity index (χ4n) is 3.14. The summed E-state index contributed by atoms with van der Waals surface area (Å²) in [5.41, 5.74) is 1.34. The van der Waals surface area contributed by atoms with Gasteiger partial charge in [-0.05, 0) is 32.6 Å². The summed E-state index contributed by atoms with van der Waals surface area (Å²) in [7, 11) is 1.81. The number of rotatable bonds is 5. The number of amides is 1. The minimum Gasteiger partial charge on any atom is -0.365 e. The average molecular weight is 330 g/mol. The van der Waals surface area contributed by atoms with E-state index in [4.69, 9.17) is 4.74 Å². The van der Waals surface area contributed by atoms with Crippen molar-refractivity contribution in [1.29, 1.82) is 0 Å². The van der Waals surface area contributed by atoms with Crippen LogP contribution in [0.15, 0.2) is 6.20 Å². The van der Waals surface area contributed by atoms with Crippen LogP contribution in [0.5, 0.6) is 0 Å². The van der Waals surface area contributed by atoms with Crippen molar-refractivity contribution in [2.45, 2.75) is 50.7 Å². The lowest BCUT2D eigenvalue weighted by Gasteiger charge is -2.12. The monoisotopic (exact) mass is 330 g/mol. The van der Waals surface area contributed by atoms with Gasteiger partial charge in [-0.2, -0.15) is 10.2 Å². The van der Waals surface area contributed by atoms with Gasteiger partial charge in [0.15, 0.2) is 11.6 Å². The Balaban J connectivity index is 1.30. The highest BCUT2D eigenvalue weighted by Crippen LogP contribution is 2.39. The maximum absolute atomic E-state index is 12.2. The Bertz CT molecular complexity index is 748. The van der Waals surface area contributed by atoms with E-state index in [-0.39, 0.29) is 18.1 Å². The second kappa shape index (κ2) is 6.01. The van der Waals surface area contributed by atoms with Crippen LogP contribution < -0.4 is 5.32 Å². The molecule has 2 fully saturated rings. The molecular formula is C16H22N6O2. The van der Waals surface area contributed by atoms with E-state index in [0.29, 0.717) is 18.0 Å². The van der Waals surface area contributed by atoms with Crippen molar-refractivity contribution < 1.29 is 9.53 Å². The number of hydrogen-bond acceptors (Lipinski definition) is 5. The van der Waals surface area contributed by atoms with Crippen LogP contribution in [0.25, 0.3) is 0 Å². The summed E-state index contributed by atoms with van der Waals surface area (Å²) in [6.45, 7) is 2.33. The molecule has 128 valence electrons. The van der Waals surface area contributed by atoms with Crippen LogP contribution in [0.1, 0.15) is 65.4 Å². The molecule has 0 radical (unpaired) electrons. The maximum atomic E-state index is 12.2. The number of H-pyrrole nitrogens is 1. The van der Waals surface area contributed by atoms with E-state index in [1.807, 2.05) is 14.0 Å². The van der Waals surface area contributed by atoms with Crippen molar-refractivity contribution in [2.24, 2.45) is 7.05 Å².